The van der Waals surface area contributed by atoms with E-state index in [2.05, 4.69) is 5.32 Å². The van der Waals surface area contributed by atoms with Crippen LogP contribution in [0.25, 0.3) is 0 Å². The number of nitrogens with zero attached hydrogens (tertiary/aromatic N) is 1. The van der Waals surface area contributed by atoms with Crippen molar-refractivity contribution in [3.05, 3.63) is 35.9 Å². The molecule has 1 fully saturated rings. The minimum absolute atomic E-state index is 0.0441. The Kier molecular flexibility index (Phi) is 6.78. The number of amides is 2. The van der Waals surface area contributed by atoms with E-state index in [-0.39, 0.29) is 36.7 Å². The van der Waals surface area contributed by atoms with Crippen molar-refractivity contribution < 1.29 is 19.1 Å². The molecule has 0 unspecified atom stereocenters. The second-order valence-corrected chi connectivity index (χ2v) is 5.80. The molecule has 1 aliphatic heterocycles. The Morgan fingerprint density at radius 2 is 2.00 bits per heavy atom. The summed E-state index contributed by atoms with van der Waals surface area (Å²) in [5, 5.41) is 2.75. The summed E-state index contributed by atoms with van der Waals surface area (Å²) in [6.45, 7) is 3.48. The second-order valence-electron chi connectivity index (χ2n) is 5.80. The standard InChI is InChI=1S/C18H24N2O4/c1-2-24-18(23)15-9-6-12-20(13-15)16(21)10-11-19-17(22)14-7-4-3-5-8-14/h3-5,7-8,15H,2,6,9-13H2,1H3,(H,19,22)/t15-/m0/s1. The highest BCUT2D eigenvalue weighted by molar-refractivity contribution is 5.94. The fraction of sp³-hybridized carbons (Fsp3) is 0.500. The molecule has 0 aliphatic carbocycles. The Morgan fingerprint density at radius 3 is 2.71 bits per heavy atom. The van der Waals surface area contributed by atoms with E-state index in [0.29, 0.717) is 25.3 Å². The molecule has 1 saturated heterocycles. The molecule has 0 radical (unpaired) electrons. The first-order chi connectivity index (χ1) is 11.6. The number of carbonyl (C=O) groups is 3. The van der Waals surface area contributed by atoms with Crippen LogP contribution in [-0.2, 0) is 14.3 Å². The molecule has 1 aromatic carbocycles. The maximum atomic E-state index is 12.3. The van der Waals surface area contributed by atoms with Gasteiger partial charge in [-0.3, -0.25) is 14.4 Å². The molecule has 24 heavy (non-hydrogen) atoms. The highest BCUT2D eigenvalue weighted by atomic mass is 16.5. The number of hydrogen-bond acceptors (Lipinski definition) is 4. The van der Waals surface area contributed by atoms with Gasteiger partial charge in [-0.1, -0.05) is 18.2 Å². The number of benzene rings is 1. The molecule has 1 aliphatic rings. The largest absolute Gasteiger partial charge is 0.466 e. The summed E-state index contributed by atoms with van der Waals surface area (Å²) in [7, 11) is 0. The molecule has 2 amide bonds. The monoisotopic (exact) mass is 332 g/mol. The van der Waals surface area contributed by atoms with Crippen molar-refractivity contribution in [3.63, 3.8) is 0 Å². The lowest BCUT2D eigenvalue weighted by molar-refractivity contribution is -0.151. The van der Waals surface area contributed by atoms with Crippen molar-refractivity contribution in [1.82, 2.24) is 10.2 Å². The number of carbonyl (C=O) groups excluding carboxylic acids is 3. The van der Waals surface area contributed by atoms with Crippen molar-refractivity contribution in [1.29, 1.82) is 0 Å². The zero-order valence-corrected chi connectivity index (χ0v) is 14.0. The molecule has 6 heteroatoms. The Labute approximate surface area is 142 Å². The summed E-state index contributed by atoms with van der Waals surface area (Å²) >= 11 is 0. The number of nitrogens with one attached hydrogen (secondary N) is 1. The third-order valence-electron chi connectivity index (χ3n) is 4.05. The van der Waals surface area contributed by atoms with Gasteiger partial charge in [-0.2, -0.15) is 0 Å². The predicted octanol–water partition coefficient (Wildman–Crippen LogP) is 1.61. The van der Waals surface area contributed by atoms with Gasteiger partial charge in [0.2, 0.25) is 5.91 Å². The zero-order chi connectivity index (χ0) is 17.4. The van der Waals surface area contributed by atoms with E-state index in [1.165, 1.54) is 0 Å². The van der Waals surface area contributed by atoms with E-state index in [0.717, 1.165) is 12.8 Å². The van der Waals surface area contributed by atoms with Gasteiger partial charge < -0.3 is 15.0 Å². The number of hydrogen-bond donors (Lipinski definition) is 1. The van der Waals surface area contributed by atoms with Gasteiger partial charge in [0.15, 0.2) is 0 Å². The van der Waals surface area contributed by atoms with Crippen LogP contribution in [0.4, 0.5) is 0 Å². The van der Waals surface area contributed by atoms with E-state index in [9.17, 15) is 14.4 Å². The van der Waals surface area contributed by atoms with E-state index in [4.69, 9.17) is 4.74 Å². The molecule has 1 heterocycles. The van der Waals surface area contributed by atoms with Gasteiger partial charge in [0.05, 0.1) is 12.5 Å². The topological polar surface area (TPSA) is 75.7 Å². The maximum absolute atomic E-state index is 12.3. The van der Waals surface area contributed by atoms with Gasteiger partial charge in [0.1, 0.15) is 0 Å². The highest BCUT2D eigenvalue weighted by Crippen LogP contribution is 2.18. The Bertz CT molecular complexity index is 574. The van der Waals surface area contributed by atoms with Crippen LogP contribution < -0.4 is 5.32 Å². The van der Waals surface area contributed by atoms with Gasteiger partial charge in [0.25, 0.3) is 5.91 Å². The van der Waals surface area contributed by atoms with Crippen molar-refractivity contribution in [2.45, 2.75) is 26.2 Å². The molecular formula is C18H24N2O4. The van der Waals surface area contributed by atoms with Crippen LogP contribution in [0, 0.1) is 5.92 Å². The smallest absolute Gasteiger partial charge is 0.310 e. The highest BCUT2D eigenvalue weighted by Gasteiger charge is 2.29. The number of ether oxygens (including phenoxy) is 1. The van der Waals surface area contributed by atoms with Crippen LogP contribution in [0.5, 0.6) is 0 Å². The SMILES string of the molecule is CCOC(=O)[C@H]1CCCN(C(=O)CCNC(=O)c2ccccc2)C1. The molecule has 130 valence electrons. The Hall–Kier alpha value is -2.37. The van der Waals surface area contributed by atoms with Crippen LogP contribution in [0.1, 0.15) is 36.5 Å². The van der Waals surface area contributed by atoms with Gasteiger partial charge >= 0.3 is 5.97 Å². The third-order valence-corrected chi connectivity index (χ3v) is 4.05. The van der Waals surface area contributed by atoms with Crippen molar-refractivity contribution in [2.75, 3.05) is 26.2 Å². The number of likely N-dealkylation sites (tertiary alicyclic amines) is 1. The lowest BCUT2D eigenvalue weighted by Gasteiger charge is -2.31. The van der Waals surface area contributed by atoms with E-state index in [1.807, 2.05) is 6.07 Å². The van der Waals surface area contributed by atoms with Gasteiger partial charge in [-0.05, 0) is 31.9 Å². The first-order valence-electron chi connectivity index (χ1n) is 8.39. The first kappa shape index (κ1) is 18.0. The molecule has 0 aromatic heterocycles. The minimum Gasteiger partial charge on any atom is -0.466 e. The van der Waals surface area contributed by atoms with Gasteiger partial charge in [-0.25, -0.2) is 0 Å². The lowest BCUT2D eigenvalue weighted by atomic mass is 9.98. The Morgan fingerprint density at radius 1 is 1.25 bits per heavy atom. The van der Waals surface area contributed by atoms with Crippen molar-refractivity contribution in [2.24, 2.45) is 5.92 Å². The summed E-state index contributed by atoms with van der Waals surface area (Å²) in [4.78, 5) is 37.7. The van der Waals surface area contributed by atoms with E-state index < -0.39 is 0 Å². The Balaban J connectivity index is 1.76. The summed E-state index contributed by atoms with van der Waals surface area (Å²) in [5.74, 6) is -0.697. The third kappa shape index (κ3) is 5.08. The molecular weight excluding hydrogens is 308 g/mol. The molecule has 1 N–H and O–H groups in total. The summed E-state index contributed by atoms with van der Waals surface area (Å²) in [6.07, 6.45) is 1.78. The van der Waals surface area contributed by atoms with Crippen LogP contribution in [0.15, 0.2) is 30.3 Å². The fourth-order valence-electron chi connectivity index (χ4n) is 2.79. The molecule has 0 saturated carbocycles. The normalized spacial score (nSPS) is 17.2. The van der Waals surface area contributed by atoms with Crippen molar-refractivity contribution in [3.8, 4) is 0 Å². The average molecular weight is 332 g/mol. The van der Waals surface area contributed by atoms with Crippen LogP contribution in [0.3, 0.4) is 0 Å². The van der Waals surface area contributed by atoms with Gasteiger partial charge in [0, 0.05) is 31.6 Å². The number of esters is 1. The maximum Gasteiger partial charge on any atom is 0.310 e. The van der Waals surface area contributed by atoms with Crippen LogP contribution >= 0.6 is 0 Å². The summed E-state index contributed by atoms with van der Waals surface area (Å²) < 4.78 is 5.04. The zero-order valence-electron chi connectivity index (χ0n) is 14.0. The average Bonchev–Trinajstić information content (AvgIpc) is 2.62. The first-order valence-corrected chi connectivity index (χ1v) is 8.39. The minimum atomic E-state index is -0.235. The number of piperidine rings is 1. The molecule has 2 rings (SSSR count). The quantitative estimate of drug-likeness (QED) is 0.803. The predicted molar refractivity (Wildman–Crippen MR) is 89.3 cm³/mol. The molecule has 6 nitrogen and oxygen atoms in total. The molecule has 0 bridgehead atoms. The van der Waals surface area contributed by atoms with Crippen molar-refractivity contribution >= 4 is 17.8 Å². The van der Waals surface area contributed by atoms with Crippen LogP contribution in [-0.4, -0.2) is 48.9 Å². The lowest BCUT2D eigenvalue weighted by Crippen LogP contribution is -2.43. The van der Waals surface area contributed by atoms with Gasteiger partial charge in [-0.15, -0.1) is 0 Å². The summed E-state index contributed by atoms with van der Waals surface area (Å²) in [6, 6.07) is 8.89. The second kappa shape index (κ2) is 9.05. The van der Waals surface area contributed by atoms with E-state index >= 15 is 0 Å². The van der Waals surface area contributed by atoms with E-state index in [1.54, 1.807) is 36.1 Å². The summed E-state index contributed by atoms with van der Waals surface area (Å²) in [5.41, 5.74) is 0.574. The molecule has 1 aromatic rings. The molecule has 1 atom stereocenters. The van der Waals surface area contributed by atoms with Crippen LogP contribution in [0.2, 0.25) is 0 Å². The number of rotatable bonds is 6. The fourth-order valence-corrected chi connectivity index (χ4v) is 2.79. The molecule has 0 spiro atoms.